The number of rotatable bonds is 6. The molecule has 0 unspecified atom stereocenters. The lowest BCUT2D eigenvalue weighted by atomic mass is 10.1. The molecule has 0 aliphatic rings. The fourth-order valence-electron chi connectivity index (χ4n) is 2.04. The van der Waals surface area contributed by atoms with Crippen molar-refractivity contribution in [3.8, 4) is 0 Å². The molecule has 2 aromatic rings. The first kappa shape index (κ1) is 16.5. The quantitative estimate of drug-likeness (QED) is 0.856. The second kappa shape index (κ2) is 7.92. The lowest BCUT2D eigenvalue weighted by Crippen LogP contribution is -2.34. The molecule has 3 nitrogen and oxygen atoms in total. The second-order valence-electron chi connectivity index (χ2n) is 5.03. The Labute approximate surface area is 134 Å². The van der Waals surface area contributed by atoms with E-state index in [0.717, 1.165) is 5.56 Å². The maximum Gasteiger partial charge on any atom is 0.234 e. The van der Waals surface area contributed by atoms with Crippen molar-refractivity contribution in [3.63, 3.8) is 0 Å². The number of benzene rings is 2. The zero-order valence-corrected chi connectivity index (χ0v) is 13.0. The van der Waals surface area contributed by atoms with E-state index in [1.54, 1.807) is 24.3 Å². The van der Waals surface area contributed by atoms with Crippen molar-refractivity contribution in [1.82, 2.24) is 10.6 Å². The van der Waals surface area contributed by atoms with Crippen LogP contribution in [0.3, 0.4) is 0 Å². The van der Waals surface area contributed by atoms with Crippen molar-refractivity contribution in [2.24, 2.45) is 0 Å². The highest BCUT2D eigenvalue weighted by molar-refractivity contribution is 6.30. The molecule has 0 bridgehead atoms. The summed E-state index contributed by atoms with van der Waals surface area (Å²) in [5, 5.41) is 6.47. The molecule has 0 spiro atoms. The van der Waals surface area contributed by atoms with Gasteiger partial charge < -0.3 is 10.6 Å². The number of nitrogens with one attached hydrogen (secondary N) is 2. The number of hydrogen-bond donors (Lipinski definition) is 2. The van der Waals surface area contributed by atoms with Crippen LogP contribution in [0.5, 0.6) is 0 Å². The van der Waals surface area contributed by atoms with E-state index in [9.17, 15) is 9.18 Å². The summed E-state index contributed by atoms with van der Waals surface area (Å²) >= 11 is 5.94. The van der Waals surface area contributed by atoms with Gasteiger partial charge in [0.05, 0.1) is 6.54 Å². The van der Waals surface area contributed by atoms with Crippen molar-refractivity contribution in [1.29, 1.82) is 0 Å². The van der Waals surface area contributed by atoms with Crippen molar-refractivity contribution >= 4 is 17.5 Å². The van der Waals surface area contributed by atoms with Gasteiger partial charge in [0.15, 0.2) is 0 Å². The molecule has 2 rings (SSSR count). The van der Waals surface area contributed by atoms with E-state index in [-0.39, 0.29) is 30.9 Å². The summed E-state index contributed by atoms with van der Waals surface area (Å²) in [6.45, 7) is 2.29. The molecule has 2 N–H and O–H groups in total. The van der Waals surface area contributed by atoms with Crippen LogP contribution in [0.25, 0.3) is 0 Å². The van der Waals surface area contributed by atoms with Gasteiger partial charge in [-0.1, -0.05) is 41.9 Å². The predicted molar refractivity (Wildman–Crippen MR) is 86.1 cm³/mol. The van der Waals surface area contributed by atoms with Gasteiger partial charge in [0, 0.05) is 23.2 Å². The zero-order valence-electron chi connectivity index (χ0n) is 12.3. The average molecular weight is 321 g/mol. The van der Waals surface area contributed by atoms with Gasteiger partial charge in [0.1, 0.15) is 5.82 Å². The predicted octanol–water partition coefficient (Wildman–Crippen LogP) is 3.45. The Morgan fingerprint density at radius 2 is 2.00 bits per heavy atom. The summed E-state index contributed by atoms with van der Waals surface area (Å²) in [5.41, 5.74) is 1.48. The van der Waals surface area contributed by atoms with E-state index in [1.165, 1.54) is 6.07 Å². The molecule has 0 heterocycles. The van der Waals surface area contributed by atoms with E-state index in [0.29, 0.717) is 10.6 Å². The highest BCUT2D eigenvalue weighted by Crippen LogP contribution is 2.16. The molecule has 0 aliphatic heterocycles. The van der Waals surface area contributed by atoms with Gasteiger partial charge in [-0.2, -0.15) is 0 Å². The molecule has 1 atom stereocenters. The summed E-state index contributed by atoms with van der Waals surface area (Å²) in [6, 6.07) is 13.9. The van der Waals surface area contributed by atoms with Crippen LogP contribution in [-0.4, -0.2) is 12.5 Å². The van der Waals surface area contributed by atoms with Gasteiger partial charge in [-0.05, 0) is 30.7 Å². The Morgan fingerprint density at radius 3 is 2.73 bits per heavy atom. The minimum absolute atomic E-state index is 0.00193. The molecule has 0 radical (unpaired) electrons. The number of hydrogen-bond acceptors (Lipinski definition) is 2. The molecule has 22 heavy (non-hydrogen) atoms. The number of carbonyl (C=O) groups is 1. The Kier molecular flexibility index (Phi) is 5.92. The molecule has 0 saturated heterocycles. The van der Waals surface area contributed by atoms with Crippen LogP contribution in [0.1, 0.15) is 24.1 Å². The van der Waals surface area contributed by atoms with E-state index < -0.39 is 0 Å². The van der Waals surface area contributed by atoms with Crippen molar-refractivity contribution < 1.29 is 9.18 Å². The van der Waals surface area contributed by atoms with Crippen molar-refractivity contribution in [2.75, 3.05) is 6.54 Å². The standard InChI is InChI=1S/C17H18ClFN2O/c1-12(13-6-4-7-15(18)9-13)20-11-17(22)21-10-14-5-2-3-8-16(14)19/h2-9,12,20H,10-11H2,1H3,(H,21,22)/t12-/m0/s1. The average Bonchev–Trinajstić information content (AvgIpc) is 2.52. The topological polar surface area (TPSA) is 41.1 Å². The minimum atomic E-state index is -0.317. The summed E-state index contributed by atoms with van der Waals surface area (Å²) < 4.78 is 13.4. The molecule has 1 amide bonds. The zero-order chi connectivity index (χ0) is 15.9. The van der Waals surface area contributed by atoms with Crippen LogP contribution >= 0.6 is 11.6 Å². The Balaban J connectivity index is 1.79. The fourth-order valence-corrected chi connectivity index (χ4v) is 2.24. The smallest absolute Gasteiger partial charge is 0.234 e. The Bertz CT molecular complexity index is 648. The Hall–Kier alpha value is -1.91. The van der Waals surface area contributed by atoms with Crippen LogP contribution in [-0.2, 0) is 11.3 Å². The third kappa shape index (κ3) is 4.83. The SMILES string of the molecule is C[C@H](NCC(=O)NCc1ccccc1F)c1cccc(Cl)c1. The third-order valence-electron chi connectivity index (χ3n) is 3.35. The summed E-state index contributed by atoms with van der Waals surface area (Å²) in [5.74, 6) is -0.500. The minimum Gasteiger partial charge on any atom is -0.351 e. The third-order valence-corrected chi connectivity index (χ3v) is 3.59. The van der Waals surface area contributed by atoms with Crippen LogP contribution < -0.4 is 10.6 Å². The molecule has 116 valence electrons. The lowest BCUT2D eigenvalue weighted by Gasteiger charge is -2.14. The van der Waals surface area contributed by atoms with Gasteiger partial charge in [0.25, 0.3) is 0 Å². The number of carbonyl (C=O) groups excluding carboxylic acids is 1. The van der Waals surface area contributed by atoms with E-state index in [1.807, 2.05) is 25.1 Å². The lowest BCUT2D eigenvalue weighted by molar-refractivity contribution is -0.120. The highest BCUT2D eigenvalue weighted by atomic mass is 35.5. The molecular weight excluding hydrogens is 303 g/mol. The van der Waals surface area contributed by atoms with Crippen molar-refractivity contribution in [2.45, 2.75) is 19.5 Å². The van der Waals surface area contributed by atoms with Gasteiger partial charge in [-0.15, -0.1) is 0 Å². The van der Waals surface area contributed by atoms with E-state index in [2.05, 4.69) is 10.6 Å². The summed E-state index contributed by atoms with van der Waals surface area (Å²) in [7, 11) is 0. The van der Waals surface area contributed by atoms with E-state index >= 15 is 0 Å². The molecule has 0 aliphatic carbocycles. The van der Waals surface area contributed by atoms with Crippen LogP contribution in [0.2, 0.25) is 5.02 Å². The van der Waals surface area contributed by atoms with Crippen LogP contribution in [0.4, 0.5) is 4.39 Å². The van der Waals surface area contributed by atoms with E-state index in [4.69, 9.17) is 11.6 Å². The van der Waals surface area contributed by atoms with Crippen molar-refractivity contribution in [3.05, 3.63) is 70.5 Å². The maximum absolute atomic E-state index is 13.4. The van der Waals surface area contributed by atoms with Crippen LogP contribution in [0, 0.1) is 5.82 Å². The molecule has 0 saturated carbocycles. The first-order valence-corrected chi connectivity index (χ1v) is 7.43. The normalized spacial score (nSPS) is 12.0. The molecule has 0 fully saturated rings. The Morgan fingerprint density at radius 1 is 1.23 bits per heavy atom. The number of amides is 1. The first-order valence-electron chi connectivity index (χ1n) is 7.05. The molecular formula is C17H18ClFN2O. The first-order chi connectivity index (χ1) is 10.6. The van der Waals surface area contributed by atoms with Gasteiger partial charge in [0.2, 0.25) is 5.91 Å². The van der Waals surface area contributed by atoms with Crippen LogP contribution in [0.15, 0.2) is 48.5 Å². The second-order valence-corrected chi connectivity index (χ2v) is 5.46. The summed E-state index contributed by atoms with van der Waals surface area (Å²) in [4.78, 5) is 11.8. The fraction of sp³-hybridized carbons (Fsp3) is 0.235. The van der Waals surface area contributed by atoms with Gasteiger partial charge in [-0.3, -0.25) is 4.79 Å². The maximum atomic E-state index is 13.4. The highest BCUT2D eigenvalue weighted by Gasteiger charge is 2.08. The molecule has 5 heteroatoms. The molecule has 0 aromatic heterocycles. The largest absolute Gasteiger partial charge is 0.351 e. The molecule has 2 aromatic carbocycles. The summed E-state index contributed by atoms with van der Waals surface area (Å²) in [6.07, 6.45) is 0. The monoisotopic (exact) mass is 320 g/mol. The van der Waals surface area contributed by atoms with Gasteiger partial charge in [-0.25, -0.2) is 4.39 Å². The number of halogens is 2. The van der Waals surface area contributed by atoms with Gasteiger partial charge >= 0.3 is 0 Å².